The van der Waals surface area contributed by atoms with Crippen LogP contribution < -0.4 is 10.6 Å². The van der Waals surface area contributed by atoms with Gasteiger partial charge in [0, 0.05) is 24.8 Å². The molecule has 0 spiro atoms. The molecule has 9 heteroatoms. The molecule has 7 nitrogen and oxygen atoms in total. The lowest BCUT2D eigenvalue weighted by molar-refractivity contribution is -0.136. The van der Waals surface area contributed by atoms with Gasteiger partial charge in [0.05, 0.1) is 4.90 Å². The molecule has 33 heavy (non-hydrogen) atoms. The van der Waals surface area contributed by atoms with Gasteiger partial charge in [-0.3, -0.25) is 9.59 Å². The number of piperidine rings is 1. The van der Waals surface area contributed by atoms with E-state index in [0.29, 0.717) is 25.1 Å². The minimum Gasteiger partial charge on any atom is -0.348 e. The molecule has 0 aliphatic carbocycles. The Morgan fingerprint density at radius 1 is 1.03 bits per heavy atom. The van der Waals surface area contributed by atoms with Gasteiger partial charge < -0.3 is 10.6 Å². The van der Waals surface area contributed by atoms with Crippen LogP contribution in [0, 0.1) is 26.6 Å². The van der Waals surface area contributed by atoms with Crippen LogP contribution in [0.25, 0.3) is 0 Å². The normalized spacial score (nSPS) is 16.9. The van der Waals surface area contributed by atoms with Crippen molar-refractivity contribution in [2.45, 2.75) is 57.4 Å². The predicted octanol–water partition coefficient (Wildman–Crippen LogP) is 3.44. The molecule has 0 bridgehead atoms. The number of amides is 2. The molecule has 1 unspecified atom stereocenters. The Balaban J connectivity index is 1.60. The van der Waals surface area contributed by atoms with Crippen LogP contribution in [-0.4, -0.2) is 43.7 Å². The average molecular weight is 476 g/mol. The minimum atomic E-state index is -3.79. The third-order valence-electron chi connectivity index (χ3n) is 5.76. The molecule has 1 aliphatic rings. The highest BCUT2D eigenvalue weighted by atomic mass is 32.2. The Labute approximate surface area is 194 Å². The lowest BCUT2D eigenvalue weighted by Crippen LogP contribution is -2.45. The highest BCUT2D eigenvalue weighted by Crippen LogP contribution is 2.27. The van der Waals surface area contributed by atoms with E-state index in [1.54, 1.807) is 12.1 Å². The number of rotatable bonds is 6. The van der Waals surface area contributed by atoms with Gasteiger partial charge in [0.2, 0.25) is 10.0 Å². The third-order valence-corrected chi connectivity index (χ3v) is 7.71. The predicted molar refractivity (Wildman–Crippen MR) is 125 cm³/mol. The Morgan fingerprint density at radius 3 is 2.39 bits per heavy atom. The van der Waals surface area contributed by atoms with Gasteiger partial charge >= 0.3 is 11.8 Å². The molecule has 1 saturated heterocycles. The van der Waals surface area contributed by atoms with Crippen molar-refractivity contribution in [2.24, 2.45) is 0 Å². The number of nitrogens with one attached hydrogen (secondary N) is 2. The van der Waals surface area contributed by atoms with Crippen molar-refractivity contribution in [3.8, 4) is 0 Å². The lowest BCUT2D eigenvalue weighted by atomic mass is 10.0. The molecule has 2 aromatic carbocycles. The van der Waals surface area contributed by atoms with E-state index in [1.807, 2.05) is 19.9 Å². The number of nitrogens with zero attached hydrogens (tertiary/aromatic N) is 1. The van der Waals surface area contributed by atoms with Crippen molar-refractivity contribution in [3.63, 3.8) is 0 Å². The second-order valence-corrected chi connectivity index (χ2v) is 10.4. The van der Waals surface area contributed by atoms with Gasteiger partial charge in [0.1, 0.15) is 5.82 Å². The molecule has 0 saturated carbocycles. The van der Waals surface area contributed by atoms with Gasteiger partial charge in [-0.1, -0.05) is 12.5 Å². The number of benzene rings is 2. The maximum atomic E-state index is 13.6. The Hall–Kier alpha value is -2.78. The number of aryl methyl sites for hydroxylation is 3. The van der Waals surface area contributed by atoms with Crippen molar-refractivity contribution in [3.05, 3.63) is 58.9 Å². The number of carbonyl (C=O) groups excluding carboxylic acids is 2. The Kier molecular flexibility index (Phi) is 7.86. The maximum Gasteiger partial charge on any atom is 0.313 e. The summed E-state index contributed by atoms with van der Waals surface area (Å²) in [4.78, 5) is 24.5. The topological polar surface area (TPSA) is 95.6 Å². The van der Waals surface area contributed by atoms with Gasteiger partial charge in [-0.25, -0.2) is 12.8 Å². The second-order valence-electron chi connectivity index (χ2n) is 8.55. The summed E-state index contributed by atoms with van der Waals surface area (Å²) in [7, 11) is -3.79. The van der Waals surface area contributed by atoms with Crippen LogP contribution in [0.4, 0.5) is 10.1 Å². The summed E-state index contributed by atoms with van der Waals surface area (Å²) in [5, 5.41) is 5.17. The first-order valence-electron chi connectivity index (χ1n) is 11.0. The molecular weight excluding hydrogens is 445 g/mol. The molecule has 0 radical (unpaired) electrons. The molecule has 0 aromatic heterocycles. The van der Waals surface area contributed by atoms with E-state index in [2.05, 4.69) is 10.6 Å². The Morgan fingerprint density at radius 2 is 1.73 bits per heavy atom. The van der Waals surface area contributed by atoms with E-state index < -0.39 is 27.7 Å². The standard InChI is InChI=1S/C24H30FN3O4S/c1-16-12-17(2)14-19(13-16)27-24(30)23(29)26-10-9-20-6-4-5-11-28(20)33(31,32)21-7-8-22(25)18(3)15-21/h7-8,12-15,20H,4-6,9-11H2,1-3H3,(H,26,29)(H,27,30). The number of hydrogen-bond donors (Lipinski definition) is 2. The fourth-order valence-electron chi connectivity index (χ4n) is 4.16. The van der Waals surface area contributed by atoms with Crippen LogP contribution in [0.3, 0.4) is 0 Å². The third kappa shape index (κ3) is 6.17. The Bertz CT molecular complexity index is 1130. The zero-order chi connectivity index (χ0) is 24.2. The average Bonchev–Trinajstić information content (AvgIpc) is 2.75. The molecule has 3 rings (SSSR count). The SMILES string of the molecule is Cc1cc(C)cc(NC(=O)C(=O)NCCC2CCCCN2S(=O)(=O)c2ccc(F)c(C)c2)c1. The smallest absolute Gasteiger partial charge is 0.313 e. The van der Waals surface area contributed by atoms with Crippen LogP contribution in [0.1, 0.15) is 42.4 Å². The second kappa shape index (κ2) is 10.4. The first kappa shape index (κ1) is 24.9. The van der Waals surface area contributed by atoms with Crippen LogP contribution in [0.5, 0.6) is 0 Å². The molecule has 1 atom stereocenters. The quantitative estimate of drug-likeness (QED) is 0.626. The van der Waals surface area contributed by atoms with Gasteiger partial charge in [-0.15, -0.1) is 0 Å². The zero-order valence-electron chi connectivity index (χ0n) is 19.2. The summed E-state index contributed by atoms with van der Waals surface area (Å²) in [5.74, 6) is -1.99. The first-order valence-corrected chi connectivity index (χ1v) is 12.5. The molecule has 1 fully saturated rings. The van der Waals surface area contributed by atoms with Crippen molar-refractivity contribution >= 4 is 27.5 Å². The van der Waals surface area contributed by atoms with Crippen LogP contribution >= 0.6 is 0 Å². The first-order chi connectivity index (χ1) is 15.6. The van der Waals surface area contributed by atoms with Crippen molar-refractivity contribution in [2.75, 3.05) is 18.4 Å². The number of halogens is 1. The molecule has 2 aromatic rings. The number of anilines is 1. The summed E-state index contributed by atoms with van der Waals surface area (Å²) in [6.45, 7) is 5.86. The summed E-state index contributed by atoms with van der Waals surface area (Å²) in [6.07, 6.45) is 2.65. The van der Waals surface area contributed by atoms with E-state index in [-0.39, 0.29) is 23.0 Å². The maximum absolute atomic E-state index is 13.6. The summed E-state index contributed by atoms with van der Waals surface area (Å²) in [6, 6.07) is 9.00. The summed E-state index contributed by atoms with van der Waals surface area (Å²) >= 11 is 0. The largest absolute Gasteiger partial charge is 0.348 e. The van der Waals surface area contributed by atoms with E-state index >= 15 is 0 Å². The van der Waals surface area contributed by atoms with Gasteiger partial charge in [-0.05, 0) is 87.1 Å². The monoisotopic (exact) mass is 475 g/mol. The van der Waals surface area contributed by atoms with Crippen LogP contribution in [-0.2, 0) is 19.6 Å². The molecule has 1 heterocycles. The highest BCUT2D eigenvalue weighted by molar-refractivity contribution is 7.89. The molecule has 178 valence electrons. The number of carbonyl (C=O) groups is 2. The fraction of sp³-hybridized carbons (Fsp3) is 0.417. The molecule has 1 aliphatic heterocycles. The van der Waals surface area contributed by atoms with Crippen LogP contribution in [0.2, 0.25) is 0 Å². The fourth-order valence-corrected chi connectivity index (χ4v) is 5.97. The van der Waals surface area contributed by atoms with Crippen molar-refractivity contribution in [1.82, 2.24) is 9.62 Å². The van der Waals surface area contributed by atoms with Gasteiger partial charge in [-0.2, -0.15) is 4.31 Å². The van der Waals surface area contributed by atoms with Crippen LogP contribution in [0.15, 0.2) is 41.3 Å². The van der Waals surface area contributed by atoms with E-state index in [9.17, 15) is 22.4 Å². The lowest BCUT2D eigenvalue weighted by Gasteiger charge is -2.34. The molecule has 2 amide bonds. The van der Waals surface area contributed by atoms with E-state index in [1.165, 1.54) is 23.4 Å². The van der Waals surface area contributed by atoms with Crippen molar-refractivity contribution in [1.29, 1.82) is 0 Å². The number of sulfonamides is 1. The minimum absolute atomic E-state index is 0.0603. The number of hydrogen-bond acceptors (Lipinski definition) is 4. The highest BCUT2D eigenvalue weighted by Gasteiger charge is 2.33. The summed E-state index contributed by atoms with van der Waals surface area (Å²) < 4.78 is 41.4. The van der Waals surface area contributed by atoms with Gasteiger partial charge in [0.15, 0.2) is 0 Å². The van der Waals surface area contributed by atoms with Gasteiger partial charge in [0.25, 0.3) is 0 Å². The zero-order valence-corrected chi connectivity index (χ0v) is 20.0. The molecule has 2 N–H and O–H groups in total. The molecular formula is C24H30FN3O4S. The van der Waals surface area contributed by atoms with Crippen molar-refractivity contribution < 1.29 is 22.4 Å². The summed E-state index contributed by atoms with van der Waals surface area (Å²) in [5.41, 5.74) is 2.76. The van der Waals surface area contributed by atoms with E-state index in [4.69, 9.17) is 0 Å². The van der Waals surface area contributed by atoms with E-state index in [0.717, 1.165) is 30.0 Å².